The molecule has 1 atom stereocenters. The molecule has 7 heteroatoms. The molecule has 0 saturated heterocycles. The lowest BCUT2D eigenvalue weighted by molar-refractivity contribution is 0.0938. The Balaban J connectivity index is 2.01. The first-order chi connectivity index (χ1) is 14.0. The lowest BCUT2D eigenvalue weighted by atomic mass is 10.2. The molecule has 2 heterocycles. The molecule has 0 saturated carbocycles. The number of carbonyl (C=O) groups is 1. The third-order valence-corrected chi connectivity index (χ3v) is 6.20. The number of aromatic nitrogens is 2. The highest BCUT2D eigenvalue weighted by Crippen LogP contribution is 2.34. The van der Waals surface area contributed by atoms with Gasteiger partial charge in [-0.15, -0.1) is 11.3 Å². The van der Waals surface area contributed by atoms with Crippen LogP contribution in [0, 0.1) is 6.92 Å². The van der Waals surface area contributed by atoms with E-state index in [0.717, 1.165) is 34.1 Å². The van der Waals surface area contributed by atoms with Crippen LogP contribution >= 0.6 is 22.9 Å². The topological polar surface area (TPSA) is 56.2 Å². The van der Waals surface area contributed by atoms with Gasteiger partial charge in [0, 0.05) is 36.3 Å². The third-order valence-electron chi connectivity index (χ3n) is 4.99. The molecule has 0 aliphatic heterocycles. The van der Waals surface area contributed by atoms with E-state index in [1.165, 1.54) is 0 Å². The molecule has 0 aliphatic rings. The summed E-state index contributed by atoms with van der Waals surface area (Å²) in [5, 5.41) is 6.59. The Morgan fingerprint density at radius 3 is 2.83 bits per heavy atom. The van der Waals surface area contributed by atoms with Gasteiger partial charge in [-0.2, -0.15) is 0 Å². The lowest BCUT2D eigenvalue weighted by Gasteiger charge is -2.12. The molecule has 3 rings (SSSR count). The summed E-state index contributed by atoms with van der Waals surface area (Å²) in [5.41, 5.74) is 4.22. The number of hydrogen-bond donors (Lipinski definition) is 1. The second kappa shape index (κ2) is 9.57. The van der Waals surface area contributed by atoms with Crippen LogP contribution in [0.5, 0.6) is 0 Å². The van der Waals surface area contributed by atoms with E-state index in [1.54, 1.807) is 18.4 Å². The van der Waals surface area contributed by atoms with Gasteiger partial charge in [-0.05, 0) is 32.4 Å². The molecule has 1 unspecified atom stereocenters. The molecule has 5 nitrogen and oxygen atoms in total. The third kappa shape index (κ3) is 4.71. The van der Waals surface area contributed by atoms with Crippen molar-refractivity contribution < 1.29 is 9.53 Å². The van der Waals surface area contributed by atoms with Gasteiger partial charge >= 0.3 is 0 Å². The standard InChI is InChI=1S/C22H26ClN3O2S/c1-5-14(2)24-21(27)17-12-20(26(15(17)3)10-11-28-4)19-13-29-22(25-19)16-8-6-7-9-18(16)23/h6-9,12-14H,5,10-11H2,1-4H3,(H,24,27). The quantitative estimate of drug-likeness (QED) is 0.518. The minimum atomic E-state index is -0.0594. The van der Waals surface area contributed by atoms with Gasteiger partial charge in [-0.1, -0.05) is 36.7 Å². The van der Waals surface area contributed by atoms with E-state index in [9.17, 15) is 4.79 Å². The summed E-state index contributed by atoms with van der Waals surface area (Å²) < 4.78 is 7.37. The van der Waals surface area contributed by atoms with E-state index < -0.39 is 0 Å². The molecule has 0 spiro atoms. The number of amides is 1. The van der Waals surface area contributed by atoms with E-state index in [4.69, 9.17) is 21.3 Å². The molecule has 3 aromatic rings. The van der Waals surface area contributed by atoms with Crippen molar-refractivity contribution in [1.82, 2.24) is 14.9 Å². The fraction of sp³-hybridized carbons (Fsp3) is 0.364. The molecule has 1 amide bonds. The second-order valence-electron chi connectivity index (χ2n) is 6.97. The average Bonchev–Trinajstić information content (AvgIpc) is 3.31. The minimum Gasteiger partial charge on any atom is -0.383 e. The Labute approximate surface area is 180 Å². The highest BCUT2D eigenvalue weighted by atomic mass is 35.5. The summed E-state index contributed by atoms with van der Waals surface area (Å²) in [6, 6.07) is 9.73. The minimum absolute atomic E-state index is 0.0594. The Bertz CT molecular complexity index is 996. The van der Waals surface area contributed by atoms with E-state index in [2.05, 4.69) is 16.8 Å². The molecular formula is C22H26ClN3O2S. The molecule has 0 aliphatic carbocycles. The van der Waals surface area contributed by atoms with Crippen LogP contribution in [0.4, 0.5) is 0 Å². The van der Waals surface area contributed by atoms with Crippen molar-refractivity contribution in [3.05, 3.63) is 52.0 Å². The van der Waals surface area contributed by atoms with Gasteiger partial charge < -0.3 is 14.6 Å². The Morgan fingerprint density at radius 2 is 2.14 bits per heavy atom. The van der Waals surface area contributed by atoms with Crippen LogP contribution in [0.15, 0.2) is 35.7 Å². The first-order valence-electron chi connectivity index (χ1n) is 9.67. The number of hydrogen-bond acceptors (Lipinski definition) is 4. The van der Waals surface area contributed by atoms with Gasteiger partial charge in [0.15, 0.2) is 0 Å². The van der Waals surface area contributed by atoms with Crippen LogP contribution in [0.2, 0.25) is 5.02 Å². The molecule has 154 valence electrons. The summed E-state index contributed by atoms with van der Waals surface area (Å²) in [7, 11) is 1.67. The van der Waals surface area contributed by atoms with Gasteiger partial charge in [-0.3, -0.25) is 4.79 Å². The largest absolute Gasteiger partial charge is 0.383 e. The smallest absolute Gasteiger partial charge is 0.253 e. The molecule has 2 aromatic heterocycles. The first kappa shape index (κ1) is 21.6. The summed E-state index contributed by atoms with van der Waals surface area (Å²) in [5.74, 6) is -0.0594. The number of rotatable bonds is 8. The number of thiazole rings is 1. The summed E-state index contributed by atoms with van der Waals surface area (Å²) in [6.45, 7) is 7.22. The maximum atomic E-state index is 12.8. The summed E-state index contributed by atoms with van der Waals surface area (Å²) in [4.78, 5) is 17.6. The van der Waals surface area contributed by atoms with E-state index in [-0.39, 0.29) is 11.9 Å². The molecule has 0 bridgehead atoms. The van der Waals surface area contributed by atoms with E-state index >= 15 is 0 Å². The van der Waals surface area contributed by atoms with Crippen molar-refractivity contribution >= 4 is 28.8 Å². The molecule has 1 aromatic carbocycles. The number of benzene rings is 1. The van der Waals surface area contributed by atoms with Crippen molar-refractivity contribution in [2.75, 3.05) is 13.7 Å². The number of nitrogens with zero attached hydrogens (tertiary/aromatic N) is 2. The monoisotopic (exact) mass is 431 g/mol. The first-order valence-corrected chi connectivity index (χ1v) is 10.9. The zero-order chi connectivity index (χ0) is 21.0. The van der Waals surface area contributed by atoms with Gasteiger partial charge in [-0.25, -0.2) is 4.98 Å². The normalized spacial score (nSPS) is 12.2. The summed E-state index contributed by atoms with van der Waals surface area (Å²) in [6.07, 6.45) is 0.884. The van der Waals surface area contributed by atoms with E-state index in [0.29, 0.717) is 23.7 Å². The van der Waals surface area contributed by atoms with Crippen LogP contribution in [-0.4, -0.2) is 35.2 Å². The molecular weight excluding hydrogens is 406 g/mol. The number of nitrogens with one attached hydrogen (secondary N) is 1. The van der Waals surface area contributed by atoms with Crippen LogP contribution in [0.3, 0.4) is 0 Å². The van der Waals surface area contributed by atoms with Crippen molar-refractivity contribution in [3.8, 4) is 22.0 Å². The fourth-order valence-corrected chi connectivity index (χ4v) is 4.25. The number of halogens is 1. The van der Waals surface area contributed by atoms with Crippen LogP contribution < -0.4 is 5.32 Å². The number of methoxy groups -OCH3 is 1. The van der Waals surface area contributed by atoms with Crippen LogP contribution in [0.1, 0.15) is 36.3 Å². The molecule has 0 fully saturated rings. The van der Waals surface area contributed by atoms with Gasteiger partial charge in [0.2, 0.25) is 0 Å². The SMILES string of the molecule is CCC(C)NC(=O)c1cc(-c2csc(-c3ccccc3Cl)n2)n(CCOC)c1C. The van der Waals surface area contributed by atoms with E-state index in [1.807, 2.05) is 49.6 Å². The highest BCUT2D eigenvalue weighted by molar-refractivity contribution is 7.13. The van der Waals surface area contributed by atoms with Gasteiger partial charge in [0.1, 0.15) is 5.01 Å². The molecule has 29 heavy (non-hydrogen) atoms. The van der Waals surface area contributed by atoms with Gasteiger partial charge in [0.05, 0.1) is 28.6 Å². The molecule has 1 N–H and O–H groups in total. The van der Waals surface area contributed by atoms with Crippen molar-refractivity contribution in [1.29, 1.82) is 0 Å². The van der Waals surface area contributed by atoms with Crippen molar-refractivity contribution in [3.63, 3.8) is 0 Å². The molecule has 0 radical (unpaired) electrons. The average molecular weight is 432 g/mol. The number of carbonyl (C=O) groups excluding carboxylic acids is 1. The number of ether oxygens (including phenoxy) is 1. The van der Waals surface area contributed by atoms with Crippen LogP contribution in [0.25, 0.3) is 22.0 Å². The van der Waals surface area contributed by atoms with Crippen molar-refractivity contribution in [2.24, 2.45) is 0 Å². The maximum Gasteiger partial charge on any atom is 0.253 e. The second-order valence-corrected chi connectivity index (χ2v) is 8.24. The zero-order valence-corrected chi connectivity index (χ0v) is 18.7. The Hall–Kier alpha value is -2.15. The predicted molar refractivity (Wildman–Crippen MR) is 120 cm³/mol. The fourth-order valence-electron chi connectivity index (χ4n) is 3.11. The van der Waals surface area contributed by atoms with Gasteiger partial charge in [0.25, 0.3) is 5.91 Å². The lowest BCUT2D eigenvalue weighted by Crippen LogP contribution is -2.32. The predicted octanol–water partition coefficient (Wildman–Crippen LogP) is 5.42. The highest BCUT2D eigenvalue weighted by Gasteiger charge is 2.21. The Kier molecular flexibility index (Phi) is 7.11. The summed E-state index contributed by atoms with van der Waals surface area (Å²) >= 11 is 7.88. The zero-order valence-electron chi connectivity index (χ0n) is 17.2. The van der Waals surface area contributed by atoms with Crippen LogP contribution in [-0.2, 0) is 11.3 Å². The van der Waals surface area contributed by atoms with Crippen molar-refractivity contribution in [2.45, 2.75) is 39.8 Å². The Morgan fingerprint density at radius 1 is 1.38 bits per heavy atom. The maximum absolute atomic E-state index is 12.8.